The van der Waals surface area contributed by atoms with Gasteiger partial charge in [-0.2, -0.15) is 5.10 Å². The summed E-state index contributed by atoms with van der Waals surface area (Å²) in [5.41, 5.74) is 5.04. The number of phenolic OH excluding ortho intramolecular Hbond substituents is 1. The van der Waals surface area contributed by atoms with Gasteiger partial charge in [-0.3, -0.25) is 9.59 Å². The molecule has 2 amide bonds. The van der Waals surface area contributed by atoms with Crippen LogP contribution in [0.5, 0.6) is 5.75 Å². The first-order valence-corrected chi connectivity index (χ1v) is 9.96. The maximum atomic E-state index is 12.8. The maximum Gasteiger partial charge on any atom is 0.287 e. The smallest absolute Gasteiger partial charge is 0.287 e. The van der Waals surface area contributed by atoms with Gasteiger partial charge in [0.15, 0.2) is 0 Å². The first kappa shape index (κ1) is 22.2. The SMILES string of the molecule is CC(/C=C(\NC(=O)c1ccccc1)C(=O)N/N=C\c1ccccc1O)=C\c1ccccc1. The van der Waals surface area contributed by atoms with E-state index in [4.69, 9.17) is 0 Å². The average Bonchev–Trinajstić information content (AvgIpc) is 2.81. The molecule has 0 saturated heterocycles. The lowest BCUT2D eigenvalue weighted by Gasteiger charge is -2.09. The van der Waals surface area contributed by atoms with Crippen LogP contribution in [-0.2, 0) is 4.79 Å². The van der Waals surface area contributed by atoms with E-state index in [-0.39, 0.29) is 11.4 Å². The Kier molecular flexibility index (Phi) is 7.70. The highest BCUT2D eigenvalue weighted by atomic mass is 16.3. The molecular weight excluding hydrogens is 402 g/mol. The molecule has 0 aliphatic carbocycles. The molecule has 3 N–H and O–H groups in total. The number of para-hydroxylation sites is 1. The van der Waals surface area contributed by atoms with Crippen molar-refractivity contribution in [3.05, 3.63) is 119 Å². The summed E-state index contributed by atoms with van der Waals surface area (Å²) in [6.07, 6.45) is 4.81. The van der Waals surface area contributed by atoms with Crippen molar-refractivity contribution in [1.82, 2.24) is 10.7 Å². The molecule has 0 heterocycles. The number of hydrazone groups is 1. The number of phenols is 1. The summed E-state index contributed by atoms with van der Waals surface area (Å²) in [7, 11) is 0. The number of hydrogen-bond acceptors (Lipinski definition) is 4. The number of nitrogens with one attached hydrogen (secondary N) is 2. The van der Waals surface area contributed by atoms with Crippen LogP contribution in [0, 0.1) is 0 Å². The number of benzene rings is 3. The fourth-order valence-corrected chi connectivity index (χ4v) is 2.84. The standard InChI is InChI=1S/C26H23N3O3/c1-19(16-20-10-4-2-5-11-20)17-23(28-25(31)21-12-6-3-7-13-21)26(32)29-27-18-22-14-8-9-15-24(22)30/h2-18,30H,1H3,(H,28,31)(H,29,32)/b19-16+,23-17-,27-18-. The summed E-state index contributed by atoms with van der Waals surface area (Å²) in [5.74, 6) is -0.966. The van der Waals surface area contributed by atoms with E-state index in [0.29, 0.717) is 11.1 Å². The quantitative estimate of drug-likeness (QED) is 0.229. The first-order chi connectivity index (χ1) is 15.5. The van der Waals surface area contributed by atoms with Gasteiger partial charge in [-0.05, 0) is 48.4 Å². The molecule has 0 spiro atoms. The summed E-state index contributed by atoms with van der Waals surface area (Å²) in [4.78, 5) is 25.4. The molecule has 160 valence electrons. The Morgan fingerprint density at radius 3 is 2.19 bits per heavy atom. The molecule has 0 fully saturated rings. The number of amides is 2. The Labute approximate surface area is 186 Å². The van der Waals surface area contributed by atoms with Crippen molar-refractivity contribution >= 4 is 24.1 Å². The van der Waals surface area contributed by atoms with E-state index < -0.39 is 11.8 Å². The number of nitrogens with zero attached hydrogens (tertiary/aromatic N) is 1. The molecule has 6 nitrogen and oxygen atoms in total. The highest BCUT2D eigenvalue weighted by molar-refractivity contribution is 6.03. The van der Waals surface area contributed by atoms with Gasteiger partial charge in [0, 0.05) is 11.1 Å². The van der Waals surface area contributed by atoms with Crippen LogP contribution in [0.25, 0.3) is 6.08 Å². The summed E-state index contributed by atoms with van der Waals surface area (Å²) < 4.78 is 0. The highest BCUT2D eigenvalue weighted by Gasteiger charge is 2.14. The van der Waals surface area contributed by atoms with Gasteiger partial charge < -0.3 is 10.4 Å². The van der Waals surface area contributed by atoms with Gasteiger partial charge in [0.25, 0.3) is 11.8 Å². The fourth-order valence-electron chi connectivity index (χ4n) is 2.84. The first-order valence-electron chi connectivity index (χ1n) is 9.96. The van der Waals surface area contributed by atoms with Crippen LogP contribution in [0.2, 0.25) is 0 Å². The molecule has 0 aliphatic heterocycles. The third-order valence-electron chi connectivity index (χ3n) is 4.40. The lowest BCUT2D eigenvalue weighted by atomic mass is 10.1. The Morgan fingerprint density at radius 1 is 0.875 bits per heavy atom. The Balaban J connectivity index is 1.82. The lowest BCUT2D eigenvalue weighted by Crippen LogP contribution is -2.33. The molecule has 3 aromatic rings. The van der Waals surface area contributed by atoms with Crippen LogP contribution in [0.3, 0.4) is 0 Å². The van der Waals surface area contributed by atoms with Crippen LogP contribution in [-0.4, -0.2) is 23.1 Å². The summed E-state index contributed by atoms with van der Waals surface area (Å²) in [6.45, 7) is 1.83. The zero-order valence-corrected chi connectivity index (χ0v) is 17.5. The number of carbonyl (C=O) groups excluding carboxylic acids is 2. The topological polar surface area (TPSA) is 90.8 Å². The molecule has 6 heteroatoms. The fraction of sp³-hybridized carbons (Fsp3) is 0.0385. The van der Waals surface area contributed by atoms with Crippen LogP contribution >= 0.6 is 0 Å². The van der Waals surface area contributed by atoms with Crippen molar-refractivity contribution in [1.29, 1.82) is 0 Å². The molecule has 0 atom stereocenters. The molecule has 32 heavy (non-hydrogen) atoms. The van der Waals surface area contributed by atoms with E-state index in [1.165, 1.54) is 12.3 Å². The molecule has 0 bridgehead atoms. The summed E-state index contributed by atoms with van der Waals surface area (Å²) in [5, 5.41) is 16.4. The largest absolute Gasteiger partial charge is 0.507 e. The van der Waals surface area contributed by atoms with Crippen LogP contribution in [0.4, 0.5) is 0 Å². The van der Waals surface area contributed by atoms with Gasteiger partial charge in [-0.25, -0.2) is 5.43 Å². The normalized spacial score (nSPS) is 11.9. The number of rotatable bonds is 7. The molecular formula is C26H23N3O3. The maximum absolute atomic E-state index is 12.8. The van der Waals surface area contributed by atoms with Crippen LogP contribution in [0.1, 0.15) is 28.4 Å². The van der Waals surface area contributed by atoms with Crippen molar-refractivity contribution in [2.45, 2.75) is 6.92 Å². The van der Waals surface area contributed by atoms with Gasteiger partial charge in [0.2, 0.25) is 0 Å². The molecule has 0 unspecified atom stereocenters. The van der Waals surface area contributed by atoms with Crippen LogP contribution in [0.15, 0.2) is 107 Å². The van der Waals surface area contributed by atoms with Crippen LogP contribution < -0.4 is 10.7 Å². The highest BCUT2D eigenvalue weighted by Crippen LogP contribution is 2.13. The van der Waals surface area contributed by atoms with Gasteiger partial charge in [-0.1, -0.05) is 66.7 Å². The van der Waals surface area contributed by atoms with Crippen molar-refractivity contribution in [2.75, 3.05) is 0 Å². The zero-order valence-electron chi connectivity index (χ0n) is 17.5. The summed E-state index contributed by atoms with van der Waals surface area (Å²) >= 11 is 0. The van der Waals surface area contributed by atoms with Gasteiger partial charge >= 0.3 is 0 Å². The van der Waals surface area contributed by atoms with E-state index in [9.17, 15) is 14.7 Å². The second kappa shape index (κ2) is 11.1. The predicted molar refractivity (Wildman–Crippen MR) is 126 cm³/mol. The van der Waals surface area contributed by atoms with E-state index in [1.807, 2.05) is 43.3 Å². The number of hydrogen-bond donors (Lipinski definition) is 3. The Hall–Kier alpha value is -4.45. The van der Waals surface area contributed by atoms with E-state index in [2.05, 4.69) is 15.8 Å². The van der Waals surface area contributed by atoms with E-state index in [1.54, 1.807) is 54.6 Å². The molecule has 0 radical (unpaired) electrons. The van der Waals surface area contributed by atoms with Gasteiger partial charge in [0.1, 0.15) is 11.4 Å². The van der Waals surface area contributed by atoms with Crippen molar-refractivity contribution < 1.29 is 14.7 Å². The predicted octanol–water partition coefficient (Wildman–Crippen LogP) is 4.26. The van der Waals surface area contributed by atoms with E-state index in [0.717, 1.165) is 11.1 Å². The Bertz CT molecular complexity index is 1170. The second-order valence-corrected chi connectivity index (χ2v) is 6.94. The summed E-state index contributed by atoms with van der Waals surface area (Å²) in [6, 6.07) is 24.9. The minimum Gasteiger partial charge on any atom is -0.507 e. The third-order valence-corrected chi connectivity index (χ3v) is 4.40. The molecule has 3 aromatic carbocycles. The lowest BCUT2D eigenvalue weighted by molar-refractivity contribution is -0.117. The van der Waals surface area contributed by atoms with Gasteiger partial charge in [0.05, 0.1) is 6.21 Å². The number of aromatic hydroxyl groups is 1. The number of carbonyl (C=O) groups is 2. The Morgan fingerprint density at radius 2 is 1.50 bits per heavy atom. The van der Waals surface area contributed by atoms with Crippen molar-refractivity contribution in [3.8, 4) is 5.75 Å². The third kappa shape index (κ3) is 6.53. The minimum atomic E-state index is -0.596. The van der Waals surface area contributed by atoms with E-state index >= 15 is 0 Å². The molecule has 0 saturated carbocycles. The molecule has 3 rings (SSSR count). The number of allylic oxidation sites excluding steroid dienone is 2. The second-order valence-electron chi connectivity index (χ2n) is 6.94. The zero-order chi connectivity index (χ0) is 22.8. The molecule has 0 aromatic heterocycles. The van der Waals surface area contributed by atoms with Crippen molar-refractivity contribution in [2.24, 2.45) is 5.10 Å². The monoisotopic (exact) mass is 425 g/mol. The van der Waals surface area contributed by atoms with Gasteiger partial charge in [-0.15, -0.1) is 0 Å². The molecule has 0 aliphatic rings. The van der Waals surface area contributed by atoms with Crippen molar-refractivity contribution in [3.63, 3.8) is 0 Å². The minimum absolute atomic E-state index is 0.0398. The average molecular weight is 425 g/mol.